The summed E-state index contributed by atoms with van der Waals surface area (Å²) in [5, 5.41) is 11.3. The molecule has 31 heavy (non-hydrogen) atoms. The lowest BCUT2D eigenvalue weighted by atomic mass is 9.98. The van der Waals surface area contributed by atoms with E-state index in [0.29, 0.717) is 12.7 Å². The zero-order valence-electron chi connectivity index (χ0n) is 20.4. The van der Waals surface area contributed by atoms with Crippen molar-refractivity contribution in [2.45, 2.75) is 122 Å². The van der Waals surface area contributed by atoms with E-state index in [9.17, 15) is 5.21 Å². The van der Waals surface area contributed by atoms with E-state index in [4.69, 9.17) is 0 Å². The molecule has 0 radical (unpaired) electrons. The molecule has 1 fully saturated rings. The van der Waals surface area contributed by atoms with Gasteiger partial charge in [-0.15, -0.1) is 0 Å². The summed E-state index contributed by atoms with van der Waals surface area (Å²) in [5.74, 6) is 0. The Morgan fingerprint density at radius 1 is 0.710 bits per heavy atom. The van der Waals surface area contributed by atoms with Crippen LogP contribution in [0.25, 0.3) is 0 Å². The second-order valence-electron chi connectivity index (χ2n) is 9.77. The van der Waals surface area contributed by atoms with Crippen molar-refractivity contribution in [3.05, 3.63) is 35.9 Å². The van der Waals surface area contributed by atoms with Crippen LogP contribution in [0.15, 0.2) is 30.3 Å². The van der Waals surface area contributed by atoms with Crippen LogP contribution in [0, 0.1) is 0 Å². The fraction of sp³-hybridized carbons (Fsp3) is 0.786. The summed E-state index contributed by atoms with van der Waals surface area (Å²) < 4.78 is 0. The molecule has 0 saturated carbocycles. The first-order valence-electron chi connectivity index (χ1n) is 13.5. The predicted molar refractivity (Wildman–Crippen MR) is 134 cm³/mol. The molecule has 1 saturated heterocycles. The van der Waals surface area contributed by atoms with E-state index in [1.807, 2.05) is 0 Å². The van der Waals surface area contributed by atoms with Crippen LogP contribution in [0.3, 0.4) is 0 Å². The van der Waals surface area contributed by atoms with Gasteiger partial charge >= 0.3 is 0 Å². The Kier molecular flexibility index (Phi) is 15.0. The van der Waals surface area contributed by atoms with E-state index in [1.54, 1.807) is 0 Å². The topological polar surface area (TPSA) is 26.7 Å². The minimum Gasteiger partial charge on any atom is -0.313 e. The van der Waals surface area contributed by atoms with E-state index in [-0.39, 0.29) is 0 Å². The normalized spacial score (nSPS) is 16.2. The van der Waals surface area contributed by atoms with Gasteiger partial charge in [0.1, 0.15) is 0 Å². The highest BCUT2D eigenvalue weighted by molar-refractivity contribution is 5.16. The van der Waals surface area contributed by atoms with Crippen molar-refractivity contribution in [2.24, 2.45) is 0 Å². The van der Waals surface area contributed by atoms with Gasteiger partial charge in [-0.1, -0.05) is 134 Å². The highest BCUT2D eigenvalue weighted by Crippen LogP contribution is 2.20. The SMILES string of the molecule is CCCCCCCCCCCCCCCCCC(Cc1ccccc1)N1CCN(O)C1. The van der Waals surface area contributed by atoms with Gasteiger partial charge in [0.15, 0.2) is 0 Å². The predicted octanol–water partition coefficient (Wildman–Crippen LogP) is 7.82. The molecular weight excluding hydrogens is 380 g/mol. The first-order chi connectivity index (χ1) is 15.3. The van der Waals surface area contributed by atoms with Crippen molar-refractivity contribution in [3.63, 3.8) is 0 Å². The second-order valence-corrected chi connectivity index (χ2v) is 9.77. The molecule has 1 unspecified atom stereocenters. The molecule has 3 nitrogen and oxygen atoms in total. The maximum atomic E-state index is 9.81. The summed E-state index contributed by atoms with van der Waals surface area (Å²) in [6.07, 6.45) is 23.6. The standard InChI is InChI=1S/C28H50N2O/c1-2-3-4-5-6-7-8-9-10-11-12-13-14-15-19-22-28(29-23-24-30(31)26-29)25-27-20-17-16-18-21-27/h16-18,20-21,28,31H,2-15,19,22-26H2,1H3. The number of nitrogens with zero attached hydrogens (tertiary/aromatic N) is 2. The third kappa shape index (κ3) is 12.7. The fourth-order valence-electron chi connectivity index (χ4n) is 4.94. The first-order valence-corrected chi connectivity index (χ1v) is 13.5. The van der Waals surface area contributed by atoms with Crippen molar-refractivity contribution in [1.29, 1.82) is 0 Å². The zero-order valence-corrected chi connectivity index (χ0v) is 20.4. The summed E-state index contributed by atoms with van der Waals surface area (Å²) in [7, 11) is 0. The maximum absolute atomic E-state index is 9.81. The molecule has 1 aromatic rings. The van der Waals surface area contributed by atoms with Gasteiger partial charge in [-0.3, -0.25) is 4.90 Å². The molecule has 0 spiro atoms. The van der Waals surface area contributed by atoms with Gasteiger partial charge in [0.2, 0.25) is 0 Å². The number of hydrogen-bond donors (Lipinski definition) is 1. The van der Waals surface area contributed by atoms with Gasteiger partial charge in [-0.05, 0) is 18.4 Å². The van der Waals surface area contributed by atoms with Crippen LogP contribution in [0.2, 0.25) is 0 Å². The van der Waals surface area contributed by atoms with Gasteiger partial charge in [0.25, 0.3) is 0 Å². The minimum absolute atomic E-state index is 0.557. The molecule has 178 valence electrons. The smallest absolute Gasteiger partial charge is 0.0757 e. The number of benzene rings is 1. The monoisotopic (exact) mass is 430 g/mol. The van der Waals surface area contributed by atoms with Crippen LogP contribution in [0.1, 0.15) is 115 Å². The highest BCUT2D eigenvalue weighted by atomic mass is 16.5. The number of unbranched alkanes of at least 4 members (excludes halogenated alkanes) is 14. The second kappa shape index (κ2) is 17.6. The third-order valence-electron chi connectivity index (χ3n) is 6.96. The minimum atomic E-state index is 0.557. The summed E-state index contributed by atoms with van der Waals surface area (Å²) in [6.45, 7) is 4.77. The van der Waals surface area contributed by atoms with Gasteiger partial charge in [-0.25, -0.2) is 0 Å². The summed E-state index contributed by atoms with van der Waals surface area (Å²) >= 11 is 0. The Morgan fingerprint density at radius 2 is 1.23 bits per heavy atom. The summed E-state index contributed by atoms with van der Waals surface area (Å²) in [6, 6.07) is 11.4. The van der Waals surface area contributed by atoms with Crippen LogP contribution < -0.4 is 0 Å². The average Bonchev–Trinajstić information content (AvgIpc) is 3.22. The van der Waals surface area contributed by atoms with Gasteiger partial charge in [0.05, 0.1) is 6.67 Å². The lowest BCUT2D eigenvalue weighted by Gasteiger charge is -2.27. The largest absolute Gasteiger partial charge is 0.313 e. The number of rotatable bonds is 19. The van der Waals surface area contributed by atoms with Crippen molar-refractivity contribution < 1.29 is 5.21 Å². The Morgan fingerprint density at radius 3 is 1.71 bits per heavy atom. The number of hydroxylamine groups is 2. The van der Waals surface area contributed by atoms with Crippen molar-refractivity contribution in [3.8, 4) is 0 Å². The van der Waals surface area contributed by atoms with Crippen molar-refractivity contribution in [2.75, 3.05) is 19.8 Å². The van der Waals surface area contributed by atoms with Gasteiger partial charge < -0.3 is 5.21 Å². The lowest BCUT2D eigenvalue weighted by Crippen LogP contribution is -2.36. The molecule has 1 aromatic carbocycles. The molecular formula is C28H50N2O. The zero-order chi connectivity index (χ0) is 22.0. The molecule has 0 aliphatic carbocycles. The molecule has 1 heterocycles. The van der Waals surface area contributed by atoms with Crippen LogP contribution in [-0.2, 0) is 6.42 Å². The molecule has 0 amide bonds. The summed E-state index contributed by atoms with van der Waals surface area (Å²) in [5.41, 5.74) is 1.42. The average molecular weight is 431 g/mol. The Hall–Kier alpha value is -0.900. The van der Waals surface area contributed by atoms with Crippen LogP contribution in [0.5, 0.6) is 0 Å². The fourth-order valence-corrected chi connectivity index (χ4v) is 4.94. The van der Waals surface area contributed by atoms with E-state index in [1.165, 1.54) is 113 Å². The van der Waals surface area contributed by atoms with Crippen molar-refractivity contribution >= 4 is 0 Å². The van der Waals surface area contributed by atoms with Gasteiger partial charge in [0, 0.05) is 19.1 Å². The molecule has 1 aliphatic rings. The van der Waals surface area contributed by atoms with E-state index in [2.05, 4.69) is 42.2 Å². The third-order valence-corrected chi connectivity index (χ3v) is 6.96. The molecule has 0 aromatic heterocycles. The molecule has 1 atom stereocenters. The quantitative estimate of drug-likeness (QED) is 0.227. The van der Waals surface area contributed by atoms with Crippen LogP contribution >= 0.6 is 0 Å². The Balaban J connectivity index is 1.46. The summed E-state index contributed by atoms with van der Waals surface area (Å²) in [4.78, 5) is 2.47. The first kappa shape index (κ1) is 26.4. The molecule has 1 aliphatic heterocycles. The maximum Gasteiger partial charge on any atom is 0.0757 e. The van der Waals surface area contributed by atoms with E-state index < -0.39 is 0 Å². The molecule has 1 N–H and O–H groups in total. The van der Waals surface area contributed by atoms with Crippen molar-refractivity contribution in [1.82, 2.24) is 9.96 Å². The van der Waals surface area contributed by atoms with Gasteiger partial charge in [-0.2, -0.15) is 5.06 Å². The van der Waals surface area contributed by atoms with Crippen LogP contribution in [0.4, 0.5) is 0 Å². The van der Waals surface area contributed by atoms with E-state index in [0.717, 1.165) is 19.5 Å². The Bertz CT molecular complexity index is 521. The van der Waals surface area contributed by atoms with E-state index >= 15 is 0 Å². The highest BCUT2D eigenvalue weighted by Gasteiger charge is 2.25. The molecule has 3 heteroatoms. The van der Waals surface area contributed by atoms with Crippen LogP contribution in [-0.4, -0.2) is 41.0 Å². The molecule has 2 rings (SSSR count). The number of hydrogen-bond acceptors (Lipinski definition) is 3. The lowest BCUT2D eigenvalue weighted by molar-refractivity contribution is -0.0842. The molecule has 0 bridgehead atoms. The Labute approximate surface area is 193 Å².